The number of rotatable bonds is 4. The molecule has 0 saturated heterocycles. The van der Waals surface area contributed by atoms with Crippen LogP contribution in [0.15, 0.2) is 42.6 Å². The first-order chi connectivity index (χ1) is 8.74. The monoisotopic (exact) mass is 240 g/mol. The maximum Gasteiger partial charge on any atom is 0.151 e. The van der Waals surface area contributed by atoms with E-state index < -0.39 is 0 Å². The first-order valence-electron chi connectivity index (χ1n) is 6.00. The number of aryl methyl sites for hydroxylation is 1. The number of nitrogens with zero attached hydrogens (tertiary/aromatic N) is 2. The van der Waals surface area contributed by atoms with Gasteiger partial charge in [0.2, 0.25) is 0 Å². The second-order valence-electron chi connectivity index (χ2n) is 4.15. The van der Waals surface area contributed by atoms with Crippen LogP contribution in [0.3, 0.4) is 0 Å². The number of pyridine rings is 1. The maximum absolute atomic E-state index is 10.6. The van der Waals surface area contributed by atoms with Crippen molar-refractivity contribution in [3.8, 4) is 0 Å². The van der Waals surface area contributed by atoms with Gasteiger partial charge in [-0.05, 0) is 43.7 Å². The van der Waals surface area contributed by atoms with Crippen molar-refractivity contribution in [2.45, 2.75) is 13.8 Å². The van der Waals surface area contributed by atoms with Crippen molar-refractivity contribution in [1.29, 1.82) is 0 Å². The molecule has 92 valence electrons. The first-order valence-corrected chi connectivity index (χ1v) is 6.00. The molecule has 0 aliphatic carbocycles. The van der Waals surface area contributed by atoms with Gasteiger partial charge in [0.05, 0.1) is 0 Å². The highest BCUT2D eigenvalue weighted by atomic mass is 16.1. The van der Waals surface area contributed by atoms with E-state index in [9.17, 15) is 4.79 Å². The molecule has 1 aromatic carbocycles. The Morgan fingerprint density at radius 1 is 1.28 bits per heavy atom. The molecule has 0 unspecified atom stereocenters. The van der Waals surface area contributed by atoms with Gasteiger partial charge < -0.3 is 4.90 Å². The smallest absolute Gasteiger partial charge is 0.151 e. The van der Waals surface area contributed by atoms with Gasteiger partial charge in [-0.25, -0.2) is 4.98 Å². The molecule has 0 amide bonds. The van der Waals surface area contributed by atoms with Gasteiger partial charge in [0, 0.05) is 24.0 Å². The minimum Gasteiger partial charge on any atom is -0.327 e. The van der Waals surface area contributed by atoms with E-state index in [-0.39, 0.29) is 0 Å². The number of anilines is 2. The van der Waals surface area contributed by atoms with Gasteiger partial charge in [0.15, 0.2) is 6.29 Å². The lowest BCUT2D eigenvalue weighted by Gasteiger charge is -2.22. The molecule has 3 heteroatoms. The second-order valence-corrected chi connectivity index (χ2v) is 4.15. The predicted molar refractivity (Wildman–Crippen MR) is 73.5 cm³/mol. The Bertz CT molecular complexity index is 534. The van der Waals surface area contributed by atoms with Crippen LogP contribution in [0.2, 0.25) is 0 Å². The molecular formula is C15H16N2O. The predicted octanol–water partition coefficient (Wildman–Crippen LogP) is 3.36. The molecule has 2 rings (SSSR count). The van der Waals surface area contributed by atoms with Gasteiger partial charge in [-0.3, -0.25) is 4.79 Å². The van der Waals surface area contributed by atoms with Gasteiger partial charge in [-0.15, -0.1) is 0 Å². The molecule has 1 aromatic heterocycles. The molecule has 18 heavy (non-hydrogen) atoms. The lowest BCUT2D eigenvalue weighted by molar-refractivity contribution is 0.112. The summed E-state index contributed by atoms with van der Waals surface area (Å²) in [4.78, 5) is 17.1. The highest BCUT2D eigenvalue weighted by Gasteiger charge is 2.08. The average Bonchev–Trinajstić information content (AvgIpc) is 2.40. The molecule has 0 radical (unpaired) electrons. The molecular weight excluding hydrogens is 224 g/mol. The van der Waals surface area contributed by atoms with E-state index in [1.807, 2.05) is 12.1 Å². The van der Waals surface area contributed by atoms with E-state index in [1.54, 1.807) is 12.3 Å². The lowest BCUT2D eigenvalue weighted by atomic mass is 10.2. The topological polar surface area (TPSA) is 33.2 Å². The Hall–Kier alpha value is -2.16. The summed E-state index contributed by atoms with van der Waals surface area (Å²) in [6.45, 7) is 4.98. The molecule has 0 saturated carbocycles. The number of benzene rings is 1. The average molecular weight is 240 g/mol. The molecule has 0 spiro atoms. The Morgan fingerprint density at radius 3 is 2.67 bits per heavy atom. The van der Waals surface area contributed by atoms with Gasteiger partial charge in [0.1, 0.15) is 5.82 Å². The summed E-state index contributed by atoms with van der Waals surface area (Å²) >= 11 is 0. The van der Waals surface area contributed by atoms with E-state index in [1.165, 1.54) is 5.56 Å². The van der Waals surface area contributed by atoms with Crippen LogP contribution in [0, 0.1) is 6.92 Å². The fourth-order valence-electron chi connectivity index (χ4n) is 1.90. The highest BCUT2D eigenvalue weighted by Crippen LogP contribution is 2.23. The summed E-state index contributed by atoms with van der Waals surface area (Å²) < 4.78 is 0. The van der Waals surface area contributed by atoms with Gasteiger partial charge in [-0.2, -0.15) is 0 Å². The number of hydrogen-bond donors (Lipinski definition) is 0. The van der Waals surface area contributed by atoms with E-state index >= 15 is 0 Å². The van der Waals surface area contributed by atoms with Gasteiger partial charge in [-0.1, -0.05) is 12.1 Å². The van der Waals surface area contributed by atoms with Crippen LogP contribution in [-0.2, 0) is 0 Å². The summed E-state index contributed by atoms with van der Waals surface area (Å²) in [6, 6.07) is 11.9. The van der Waals surface area contributed by atoms with Crippen LogP contribution in [-0.4, -0.2) is 17.8 Å². The molecule has 2 aromatic rings. The normalized spacial score (nSPS) is 10.1. The van der Waals surface area contributed by atoms with Gasteiger partial charge in [0.25, 0.3) is 0 Å². The number of carbonyl (C=O) groups is 1. The van der Waals surface area contributed by atoms with Gasteiger partial charge >= 0.3 is 0 Å². The van der Waals surface area contributed by atoms with Crippen molar-refractivity contribution < 1.29 is 4.79 Å². The summed E-state index contributed by atoms with van der Waals surface area (Å²) in [5.74, 6) is 0.855. The zero-order chi connectivity index (χ0) is 13.0. The Kier molecular flexibility index (Phi) is 3.72. The largest absolute Gasteiger partial charge is 0.327 e. The van der Waals surface area contributed by atoms with E-state index in [4.69, 9.17) is 0 Å². The third-order valence-electron chi connectivity index (χ3n) is 2.81. The zero-order valence-corrected chi connectivity index (χ0v) is 10.6. The molecule has 0 N–H and O–H groups in total. The number of carbonyl (C=O) groups excluding carboxylic acids is 1. The standard InChI is InChI=1S/C15H16N2O/c1-3-17(14-6-4-5-12(2)9-14)15-8-7-13(11-18)10-16-15/h4-11H,3H2,1-2H3. The Labute approximate surface area is 107 Å². The summed E-state index contributed by atoms with van der Waals surface area (Å²) in [7, 11) is 0. The maximum atomic E-state index is 10.6. The van der Waals surface area contributed by atoms with E-state index in [2.05, 4.69) is 41.9 Å². The lowest BCUT2D eigenvalue weighted by Crippen LogP contribution is -2.17. The van der Waals surface area contributed by atoms with Crippen LogP contribution in [0.5, 0.6) is 0 Å². The molecule has 1 heterocycles. The van der Waals surface area contributed by atoms with Crippen LogP contribution in [0.25, 0.3) is 0 Å². The van der Waals surface area contributed by atoms with Crippen LogP contribution < -0.4 is 4.90 Å². The quantitative estimate of drug-likeness (QED) is 0.768. The fourth-order valence-corrected chi connectivity index (χ4v) is 1.90. The van der Waals surface area contributed by atoms with Crippen LogP contribution in [0.1, 0.15) is 22.8 Å². The zero-order valence-electron chi connectivity index (χ0n) is 10.6. The highest BCUT2D eigenvalue weighted by molar-refractivity contribution is 5.75. The van der Waals surface area contributed by atoms with Crippen molar-refractivity contribution in [1.82, 2.24) is 4.98 Å². The Morgan fingerprint density at radius 2 is 2.11 bits per heavy atom. The number of hydrogen-bond acceptors (Lipinski definition) is 3. The molecule has 0 aliphatic heterocycles. The van der Waals surface area contributed by atoms with Crippen molar-refractivity contribution in [2.75, 3.05) is 11.4 Å². The third kappa shape index (κ3) is 2.56. The van der Waals surface area contributed by atoms with Crippen molar-refractivity contribution in [3.05, 3.63) is 53.7 Å². The third-order valence-corrected chi connectivity index (χ3v) is 2.81. The molecule has 0 bridgehead atoms. The number of aromatic nitrogens is 1. The second kappa shape index (κ2) is 5.45. The minimum atomic E-state index is 0.596. The van der Waals surface area contributed by atoms with Crippen molar-refractivity contribution >= 4 is 17.8 Å². The van der Waals surface area contributed by atoms with Crippen molar-refractivity contribution in [3.63, 3.8) is 0 Å². The van der Waals surface area contributed by atoms with E-state index in [0.29, 0.717) is 5.56 Å². The molecule has 0 fully saturated rings. The Balaban J connectivity index is 2.35. The van der Waals surface area contributed by atoms with Crippen molar-refractivity contribution in [2.24, 2.45) is 0 Å². The molecule has 0 aliphatic rings. The molecule has 3 nitrogen and oxygen atoms in total. The molecule has 0 atom stereocenters. The summed E-state index contributed by atoms with van der Waals surface area (Å²) in [6.07, 6.45) is 2.40. The minimum absolute atomic E-state index is 0.596. The summed E-state index contributed by atoms with van der Waals surface area (Å²) in [5.41, 5.74) is 2.93. The SMILES string of the molecule is CCN(c1cccc(C)c1)c1ccc(C=O)cn1. The van der Waals surface area contributed by atoms with E-state index in [0.717, 1.165) is 24.3 Å². The first kappa shape index (κ1) is 12.3. The number of aldehydes is 1. The summed E-state index contributed by atoms with van der Waals surface area (Å²) in [5, 5.41) is 0. The fraction of sp³-hybridized carbons (Fsp3) is 0.200. The van der Waals surface area contributed by atoms with Crippen LogP contribution in [0.4, 0.5) is 11.5 Å². The van der Waals surface area contributed by atoms with Crippen LogP contribution >= 0.6 is 0 Å².